The molecule has 4 heteroatoms. The smallest absolute Gasteiger partial charge is 0.233 e. The van der Waals surface area contributed by atoms with Gasteiger partial charge in [-0.15, -0.1) is 0 Å². The van der Waals surface area contributed by atoms with Crippen LogP contribution in [0.25, 0.3) is 0 Å². The summed E-state index contributed by atoms with van der Waals surface area (Å²) in [5, 5.41) is 9.23. The number of likely N-dealkylation sites (tertiary alicyclic amines) is 1. The first-order chi connectivity index (χ1) is 10.2. The van der Waals surface area contributed by atoms with E-state index in [1.165, 1.54) is 0 Å². The van der Waals surface area contributed by atoms with E-state index < -0.39 is 0 Å². The van der Waals surface area contributed by atoms with Gasteiger partial charge >= 0.3 is 0 Å². The van der Waals surface area contributed by atoms with Gasteiger partial charge in [-0.3, -0.25) is 4.79 Å². The normalized spacial score (nSPS) is 23.9. The molecule has 2 fully saturated rings. The lowest BCUT2D eigenvalue weighted by molar-refractivity contribution is -0.138. The van der Waals surface area contributed by atoms with Crippen molar-refractivity contribution in [3.63, 3.8) is 0 Å². The Labute approximate surface area is 125 Å². The summed E-state index contributed by atoms with van der Waals surface area (Å²) in [5.41, 5.74) is 7.25. The summed E-state index contributed by atoms with van der Waals surface area (Å²) in [4.78, 5) is 15.1. The van der Waals surface area contributed by atoms with Gasteiger partial charge in [-0.2, -0.15) is 0 Å². The fourth-order valence-corrected chi connectivity index (χ4v) is 3.55. The molecule has 114 valence electrons. The van der Waals surface area contributed by atoms with Crippen LogP contribution in [0.1, 0.15) is 44.1 Å². The second-order valence-corrected chi connectivity index (χ2v) is 6.36. The van der Waals surface area contributed by atoms with E-state index in [9.17, 15) is 9.90 Å². The number of carbonyl (C=O) groups is 1. The topological polar surface area (TPSA) is 66.6 Å². The van der Waals surface area contributed by atoms with Gasteiger partial charge in [0.2, 0.25) is 5.91 Å². The van der Waals surface area contributed by atoms with E-state index in [1.54, 1.807) is 0 Å². The molecule has 4 nitrogen and oxygen atoms in total. The zero-order valence-corrected chi connectivity index (χ0v) is 12.4. The van der Waals surface area contributed by atoms with Crippen molar-refractivity contribution in [2.75, 3.05) is 18.9 Å². The van der Waals surface area contributed by atoms with Crippen LogP contribution in [0.3, 0.4) is 0 Å². The van der Waals surface area contributed by atoms with Crippen LogP contribution in [0.5, 0.6) is 0 Å². The number of nitrogen functional groups attached to an aromatic ring is 1. The van der Waals surface area contributed by atoms with Gasteiger partial charge in [0.25, 0.3) is 0 Å². The number of anilines is 1. The second kappa shape index (κ2) is 5.68. The Bertz CT molecular complexity index is 506. The second-order valence-electron chi connectivity index (χ2n) is 6.36. The molecule has 1 unspecified atom stereocenters. The third-order valence-electron chi connectivity index (χ3n) is 4.97. The molecule has 0 bridgehead atoms. The number of hydrogen-bond donors (Lipinski definition) is 2. The summed E-state index contributed by atoms with van der Waals surface area (Å²) < 4.78 is 0. The monoisotopic (exact) mass is 288 g/mol. The average Bonchev–Trinajstić information content (AvgIpc) is 3.30. The maximum atomic E-state index is 13.1. The largest absolute Gasteiger partial charge is 0.399 e. The highest BCUT2D eigenvalue weighted by Gasteiger charge is 2.53. The van der Waals surface area contributed by atoms with E-state index in [4.69, 9.17) is 5.73 Å². The third-order valence-corrected chi connectivity index (χ3v) is 4.97. The minimum absolute atomic E-state index is 0.156. The molecule has 0 spiro atoms. The van der Waals surface area contributed by atoms with Gasteiger partial charge in [-0.05, 0) is 56.2 Å². The Morgan fingerprint density at radius 2 is 2.00 bits per heavy atom. The standard InChI is InChI=1S/C17H24N2O2/c18-14-6-4-13(5-7-14)17(9-10-17)16(21)19-11-2-1-3-15(19)8-12-20/h4-7,15,20H,1-3,8-12,18H2. The van der Waals surface area contributed by atoms with Crippen LogP contribution in [0.4, 0.5) is 5.69 Å². The van der Waals surface area contributed by atoms with E-state index in [-0.39, 0.29) is 24.0 Å². The lowest BCUT2D eigenvalue weighted by Crippen LogP contribution is -2.48. The van der Waals surface area contributed by atoms with Crippen molar-refractivity contribution in [3.05, 3.63) is 29.8 Å². The Morgan fingerprint density at radius 1 is 1.29 bits per heavy atom. The molecule has 1 heterocycles. The predicted octanol–water partition coefficient (Wildman–Crippen LogP) is 2.06. The quantitative estimate of drug-likeness (QED) is 0.833. The molecule has 3 rings (SSSR count). The molecular formula is C17H24N2O2. The molecule has 1 atom stereocenters. The van der Waals surface area contributed by atoms with E-state index in [1.807, 2.05) is 29.2 Å². The number of carbonyl (C=O) groups excluding carboxylic acids is 1. The van der Waals surface area contributed by atoms with Crippen molar-refractivity contribution in [2.24, 2.45) is 0 Å². The first-order valence-electron chi connectivity index (χ1n) is 7.95. The third kappa shape index (κ3) is 2.64. The fourth-order valence-electron chi connectivity index (χ4n) is 3.55. The lowest BCUT2D eigenvalue weighted by atomic mass is 9.91. The molecule has 1 saturated carbocycles. The van der Waals surface area contributed by atoms with Crippen LogP contribution in [-0.4, -0.2) is 35.1 Å². The van der Waals surface area contributed by atoms with Gasteiger partial charge < -0.3 is 15.7 Å². The minimum Gasteiger partial charge on any atom is -0.399 e. The maximum Gasteiger partial charge on any atom is 0.233 e. The highest BCUT2D eigenvalue weighted by Crippen LogP contribution is 2.50. The number of hydrogen-bond acceptors (Lipinski definition) is 3. The zero-order valence-electron chi connectivity index (χ0n) is 12.4. The fraction of sp³-hybridized carbons (Fsp3) is 0.588. The molecule has 0 radical (unpaired) electrons. The van der Waals surface area contributed by atoms with Crippen LogP contribution in [0.2, 0.25) is 0 Å². The predicted molar refractivity (Wildman–Crippen MR) is 82.8 cm³/mol. The van der Waals surface area contributed by atoms with E-state index in [2.05, 4.69) is 0 Å². The van der Waals surface area contributed by atoms with Gasteiger partial charge in [0.05, 0.1) is 5.41 Å². The number of aliphatic hydroxyl groups excluding tert-OH is 1. The van der Waals surface area contributed by atoms with Crippen molar-refractivity contribution in [3.8, 4) is 0 Å². The molecule has 1 saturated heterocycles. The van der Waals surface area contributed by atoms with Crippen LogP contribution in [-0.2, 0) is 10.2 Å². The molecule has 21 heavy (non-hydrogen) atoms. The Morgan fingerprint density at radius 3 is 2.62 bits per heavy atom. The van der Waals surface area contributed by atoms with Crippen LogP contribution in [0, 0.1) is 0 Å². The van der Waals surface area contributed by atoms with Gasteiger partial charge in [0.15, 0.2) is 0 Å². The van der Waals surface area contributed by atoms with E-state index >= 15 is 0 Å². The molecule has 3 N–H and O–H groups in total. The van der Waals surface area contributed by atoms with Crippen molar-refractivity contribution in [1.29, 1.82) is 0 Å². The molecular weight excluding hydrogens is 264 g/mol. The average molecular weight is 288 g/mol. The van der Waals surface area contributed by atoms with Crippen molar-refractivity contribution in [2.45, 2.75) is 50.0 Å². The Balaban J connectivity index is 1.81. The highest BCUT2D eigenvalue weighted by atomic mass is 16.3. The maximum absolute atomic E-state index is 13.1. The molecule has 1 aliphatic heterocycles. The number of nitrogens with two attached hydrogens (primary N) is 1. The van der Waals surface area contributed by atoms with Crippen molar-refractivity contribution >= 4 is 11.6 Å². The molecule has 1 aliphatic carbocycles. The summed E-state index contributed by atoms with van der Waals surface area (Å²) in [6, 6.07) is 7.95. The van der Waals surface area contributed by atoms with Gasteiger partial charge in [0.1, 0.15) is 0 Å². The number of rotatable bonds is 4. The summed E-state index contributed by atoms with van der Waals surface area (Å²) >= 11 is 0. The van der Waals surface area contributed by atoms with Crippen molar-refractivity contribution < 1.29 is 9.90 Å². The molecule has 1 amide bonds. The lowest BCUT2D eigenvalue weighted by Gasteiger charge is -2.38. The molecule has 2 aliphatic rings. The molecule has 1 aromatic rings. The molecule has 1 aromatic carbocycles. The van der Waals surface area contributed by atoms with E-state index in [0.717, 1.165) is 49.9 Å². The van der Waals surface area contributed by atoms with E-state index in [0.29, 0.717) is 6.42 Å². The summed E-state index contributed by atoms with van der Waals surface area (Å²) in [6.07, 6.45) is 5.80. The van der Waals surface area contributed by atoms with Crippen LogP contribution < -0.4 is 5.73 Å². The van der Waals surface area contributed by atoms with Crippen LogP contribution in [0.15, 0.2) is 24.3 Å². The highest BCUT2D eigenvalue weighted by molar-refractivity contribution is 5.91. The summed E-state index contributed by atoms with van der Waals surface area (Å²) in [7, 11) is 0. The number of aliphatic hydroxyl groups is 1. The first-order valence-corrected chi connectivity index (χ1v) is 7.95. The summed E-state index contributed by atoms with van der Waals surface area (Å²) in [6.45, 7) is 0.990. The van der Waals surface area contributed by atoms with Gasteiger partial charge in [0, 0.05) is 24.9 Å². The zero-order chi connectivity index (χ0) is 14.9. The Kier molecular flexibility index (Phi) is 3.89. The number of nitrogens with zero attached hydrogens (tertiary/aromatic N) is 1. The SMILES string of the molecule is Nc1ccc(C2(C(=O)N3CCCCC3CCO)CC2)cc1. The van der Waals surface area contributed by atoms with Crippen LogP contribution >= 0.6 is 0 Å². The van der Waals surface area contributed by atoms with Gasteiger partial charge in [-0.1, -0.05) is 12.1 Å². The van der Waals surface area contributed by atoms with Gasteiger partial charge in [-0.25, -0.2) is 0 Å². The molecule has 0 aromatic heterocycles. The number of amides is 1. The van der Waals surface area contributed by atoms with Crippen molar-refractivity contribution in [1.82, 2.24) is 4.90 Å². The summed E-state index contributed by atoms with van der Waals surface area (Å²) in [5.74, 6) is 0.255. The minimum atomic E-state index is -0.321. The first kappa shape index (κ1) is 14.4. The number of benzene rings is 1. The number of piperidine rings is 1. The Hall–Kier alpha value is -1.55.